The van der Waals surface area contributed by atoms with Crippen molar-refractivity contribution in [2.75, 3.05) is 7.05 Å². The zero-order chi connectivity index (χ0) is 23.3. The van der Waals surface area contributed by atoms with Crippen molar-refractivity contribution in [3.05, 3.63) is 64.2 Å². The third-order valence-corrected chi connectivity index (χ3v) is 6.50. The fraction of sp³-hybridized carbons (Fsp3) is 0.391. The number of aryl methyl sites for hydroxylation is 2. The maximum absolute atomic E-state index is 13.1. The van der Waals surface area contributed by atoms with Gasteiger partial charge in [0.2, 0.25) is 10.0 Å². The van der Waals surface area contributed by atoms with Crippen LogP contribution in [0.1, 0.15) is 58.9 Å². The molecular formula is C23H30N2O5S. The second kappa shape index (κ2) is 10.1. The number of esters is 1. The first-order valence-corrected chi connectivity index (χ1v) is 11.5. The van der Waals surface area contributed by atoms with Gasteiger partial charge in [-0.1, -0.05) is 29.8 Å². The standard InChI is InChI=1S/C23H30N2O5S/c1-14(2)30-22(26)13-20(18-9-7-15(3)8-10-18)25-23(27)19-11-16(4)17(5)21(12-19)31(28,29)24-6/h7-12,14,20,24H,13H2,1-6H3,(H,25,27). The molecule has 0 saturated heterocycles. The van der Waals surface area contributed by atoms with Crippen molar-refractivity contribution < 1.29 is 22.7 Å². The van der Waals surface area contributed by atoms with Crippen molar-refractivity contribution in [2.45, 2.75) is 58.1 Å². The Morgan fingerprint density at radius 2 is 1.65 bits per heavy atom. The summed E-state index contributed by atoms with van der Waals surface area (Å²) < 4.78 is 32.3. The van der Waals surface area contributed by atoms with E-state index in [1.54, 1.807) is 33.8 Å². The van der Waals surface area contributed by atoms with Gasteiger partial charge in [-0.25, -0.2) is 13.1 Å². The minimum Gasteiger partial charge on any atom is -0.463 e. The highest BCUT2D eigenvalue weighted by atomic mass is 32.2. The molecule has 31 heavy (non-hydrogen) atoms. The van der Waals surface area contributed by atoms with Crippen molar-refractivity contribution in [2.24, 2.45) is 0 Å². The highest BCUT2D eigenvalue weighted by Gasteiger charge is 2.23. The molecule has 0 fully saturated rings. The molecule has 1 unspecified atom stereocenters. The molecule has 0 aromatic heterocycles. The number of hydrogen-bond acceptors (Lipinski definition) is 5. The van der Waals surface area contributed by atoms with Gasteiger partial charge in [-0.15, -0.1) is 0 Å². The first-order valence-electron chi connectivity index (χ1n) is 10.1. The van der Waals surface area contributed by atoms with Gasteiger partial charge in [0.05, 0.1) is 23.5 Å². The van der Waals surface area contributed by atoms with Crippen LogP contribution in [-0.2, 0) is 19.6 Å². The lowest BCUT2D eigenvalue weighted by Crippen LogP contribution is -2.31. The first kappa shape index (κ1) is 24.6. The summed E-state index contributed by atoms with van der Waals surface area (Å²) in [6.45, 7) is 8.91. The topological polar surface area (TPSA) is 102 Å². The summed E-state index contributed by atoms with van der Waals surface area (Å²) >= 11 is 0. The summed E-state index contributed by atoms with van der Waals surface area (Å²) in [6, 6.07) is 9.86. The van der Waals surface area contributed by atoms with E-state index in [1.807, 2.05) is 31.2 Å². The molecule has 0 bridgehead atoms. The number of ether oxygens (including phenoxy) is 1. The van der Waals surface area contributed by atoms with Crippen LogP contribution in [0, 0.1) is 20.8 Å². The van der Waals surface area contributed by atoms with Crippen LogP contribution in [0.4, 0.5) is 0 Å². The van der Waals surface area contributed by atoms with Crippen LogP contribution in [0.15, 0.2) is 41.3 Å². The maximum atomic E-state index is 13.1. The highest BCUT2D eigenvalue weighted by molar-refractivity contribution is 7.89. The van der Waals surface area contributed by atoms with E-state index in [0.29, 0.717) is 11.1 Å². The van der Waals surface area contributed by atoms with Crippen LogP contribution < -0.4 is 10.0 Å². The zero-order valence-corrected chi connectivity index (χ0v) is 19.6. The lowest BCUT2D eigenvalue weighted by Gasteiger charge is -2.20. The van der Waals surface area contributed by atoms with E-state index >= 15 is 0 Å². The number of sulfonamides is 1. The Kier molecular flexibility index (Phi) is 7.97. The molecule has 0 heterocycles. The Balaban J connectivity index is 2.39. The fourth-order valence-corrected chi connectivity index (χ4v) is 4.18. The molecule has 0 aliphatic rings. The van der Waals surface area contributed by atoms with E-state index in [9.17, 15) is 18.0 Å². The third-order valence-electron chi connectivity index (χ3n) is 4.96. The molecule has 2 aromatic rings. The minimum atomic E-state index is -3.73. The van der Waals surface area contributed by atoms with Crippen molar-refractivity contribution in [1.29, 1.82) is 0 Å². The van der Waals surface area contributed by atoms with Gasteiger partial charge < -0.3 is 10.1 Å². The normalized spacial score (nSPS) is 12.5. The Bertz CT molecular complexity index is 1060. The molecule has 168 valence electrons. The summed E-state index contributed by atoms with van der Waals surface area (Å²) in [7, 11) is -2.41. The summed E-state index contributed by atoms with van der Waals surface area (Å²) in [5.41, 5.74) is 3.25. The molecular weight excluding hydrogens is 416 g/mol. The number of carbonyl (C=O) groups excluding carboxylic acids is 2. The monoisotopic (exact) mass is 446 g/mol. The molecule has 0 spiro atoms. The first-order chi connectivity index (χ1) is 14.4. The molecule has 2 rings (SSSR count). The summed E-state index contributed by atoms with van der Waals surface area (Å²) in [6.07, 6.45) is -0.310. The van der Waals surface area contributed by atoms with Gasteiger partial charge in [0, 0.05) is 5.56 Å². The SMILES string of the molecule is CNS(=O)(=O)c1cc(C(=O)NC(CC(=O)OC(C)C)c2ccc(C)cc2)cc(C)c1C. The largest absolute Gasteiger partial charge is 0.463 e. The fourth-order valence-electron chi connectivity index (χ4n) is 3.12. The molecule has 2 N–H and O–H groups in total. The summed E-state index contributed by atoms with van der Waals surface area (Å²) in [5.74, 6) is -0.905. The molecule has 1 atom stereocenters. The number of rotatable bonds is 8. The van der Waals surface area contributed by atoms with Crippen LogP contribution in [-0.4, -0.2) is 33.4 Å². The predicted molar refractivity (Wildman–Crippen MR) is 119 cm³/mol. The quantitative estimate of drug-likeness (QED) is 0.606. The molecule has 0 saturated carbocycles. The zero-order valence-electron chi connectivity index (χ0n) is 18.8. The number of nitrogens with one attached hydrogen (secondary N) is 2. The Hall–Kier alpha value is -2.71. The minimum absolute atomic E-state index is 0.0422. The maximum Gasteiger partial charge on any atom is 0.308 e. The molecule has 1 amide bonds. The summed E-state index contributed by atoms with van der Waals surface area (Å²) in [5, 5.41) is 2.86. The van der Waals surface area contributed by atoms with Crippen molar-refractivity contribution in [3.63, 3.8) is 0 Å². The van der Waals surface area contributed by atoms with E-state index < -0.39 is 27.9 Å². The second-order valence-electron chi connectivity index (χ2n) is 7.80. The van der Waals surface area contributed by atoms with Crippen LogP contribution >= 0.6 is 0 Å². The van der Waals surface area contributed by atoms with Gasteiger partial charge in [0.15, 0.2) is 0 Å². The van der Waals surface area contributed by atoms with Crippen molar-refractivity contribution >= 4 is 21.9 Å². The van der Waals surface area contributed by atoms with Crippen LogP contribution in [0.3, 0.4) is 0 Å². The van der Waals surface area contributed by atoms with Gasteiger partial charge in [-0.2, -0.15) is 0 Å². The number of benzene rings is 2. The van der Waals surface area contributed by atoms with Gasteiger partial charge in [-0.05, 0) is 70.5 Å². The summed E-state index contributed by atoms with van der Waals surface area (Å²) in [4.78, 5) is 25.4. The number of amides is 1. The highest BCUT2D eigenvalue weighted by Crippen LogP contribution is 2.23. The molecule has 0 aliphatic heterocycles. The average molecular weight is 447 g/mol. The Morgan fingerprint density at radius 1 is 1.03 bits per heavy atom. The van der Waals surface area contributed by atoms with E-state index in [4.69, 9.17) is 4.74 Å². The molecule has 0 radical (unpaired) electrons. The average Bonchev–Trinajstić information content (AvgIpc) is 2.69. The van der Waals surface area contributed by atoms with E-state index in [1.165, 1.54) is 13.1 Å². The van der Waals surface area contributed by atoms with E-state index in [-0.39, 0.29) is 23.0 Å². The van der Waals surface area contributed by atoms with E-state index in [0.717, 1.165) is 11.1 Å². The lowest BCUT2D eigenvalue weighted by molar-refractivity contribution is -0.147. The van der Waals surface area contributed by atoms with Crippen LogP contribution in [0.25, 0.3) is 0 Å². The Morgan fingerprint density at radius 3 is 2.19 bits per heavy atom. The second-order valence-corrected chi connectivity index (χ2v) is 9.66. The number of hydrogen-bond donors (Lipinski definition) is 2. The van der Waals surface area contributed by atoms with Gasteiger partial charge >= 0.3 is 5.97 Å². The predicted octanol–water partition coefficient (Wildman–Crippen LogP) is 3.33. The molecule has 8 heteroatoms. The van der Waals surface area contributed by atoms with Crippen LogP contribution in [0.5, 0.6) is 0 Å². The van der Waals surface area contributed by atoms with Gasteiger partial charge in [0.25, 0.3) is 5.91 Å². The molecule has 2 aromatic carbocycles. The lowest BCUT2D eigenvalue weighted by atomic mass is 10.0. The van der Waals surface area contributed by atoms with Crippen molar-refractivity contribution in [1.82, 2.24) is 10.0 Å². The van der Waals surface area contributed by atoms with E-state index in [2.05, 4.69) is 10.0 Å². The van der Waals surface area contributed by atoms with Crippen LogP contribution in [0.2, 0.25) is 0 Å². The Labute approximate surface area is 184 Å². The third kappa shape index (κ3) is 6.38. The van der Waals surface area contributed by atoms with Crippen molar-refractivity contribution in [3.8, 4) is 0 Å². The molecule has 0 aliphatic carbocycles. The molecule has 7 nitrogen and oxygen atoms in total. The van der Waals surface area contributed by atoms with Gasteiger partial charge in [-0.3, -0.25) is 9.59 Å². The smallest absolute Gasteiger partial charge is 0.308 e. The van der Waals surface area contributed by atoms with Gasteiger partial charge in [0.1, 0.15) is 0 Å². The number of carbonyl (C=O) groups is 2.